The lowest BCUT2D eigenvalue weighted by Gasteiger charge is -2.37. The number of Topliss-reactive ketones (excluding diaryl/α,β-unsaturated/α-hetero) is 1. The van der Waals surface area contributed by atoms with Gasteiger partial charge in [-0.1, -0.05) is 12.1 Å². The first kappa shape index (κ1) is 27.3. The lowest BCUT2D eigenvalue weighted by Crippen LogP contribution is -2.37. The molecule has 0 radical (unpaired) electrons. The number of benzene rings is 3. The molecule has 0 fully saturated rings. The fourth-order valence-corrected chi connectivity index (χ4v) is 5.98. The minimum Gasteiger partial charge on any atom is -0.497 e. The molecule has 6 rings (SSSR count). The van der Waals surface area contributed by atoms with Gasteiger partial charge in [-0.05, 0) is 78.9 Å². The van der Waals surface area contributed by atoms with Crippen molar-refractivity contribution in [2.45, 2.75) is 31.6 Å². The zero-order chi connectivity index (χ0) is 29.4. The molecule has 216 valence electrons. The molecule has 2 aliphatic heterocycles. The van der Waals surface area contributed by atoms with Crippen LogP contribution in [0.5, 0.6) is 28.7 Å². The SMILES string of the molecule is COc1ccc(NC(=O)C2=C(C)NC3=C(C(=O)C[C@@H](c4ccc(OC)c(OC)c4)C3)[C@H]2c2ccc3c(c2)OCO3)cc1. The van der Waals surface area contributed by atoms with E-state index in [-0.39, 0.29) is 24.4 Å². The molecule has 0 unspecified atom stereocenters. The van der Waals surface area contributed by atoms with Gasteiger partial charge in [0.25, 0.3) is 5.91 Å². The number of amides is 1. The number of carbonyl (C=O) groups excluding carboxylic acids is 2. The lowest BCUT2D eigenvalue weighted by molar-refractivity contribution is -0.116. The molecule has 0 saturated heterocycles. The summed E-state index contributed by atoms with van der Waals surface area (Å²) >= 11 is 0. The Hall–Kier alpha value is -4.92. The average Bonchev–Trinajstić information content (AvgIpc) is 3.48. The molecule has 42 heavy (non-hydrogen) atoms. The van der Waals surface area contributed by atoms with Gasteiger partial charge in [-0.2, -0.15) is 0 Å². The largest absolute Gasteiger partial charge is 0.497 e. The maximum Gasteiger partial charge on any atom is 0.254 e. The molecule has 3 aromatic carbocycles. The summed E-state index contributed by atoms with van der Waals surface area (Å²) in [4.78, 5) is 27.9. The standard InChI is InChI=1S/C33H32N2O7/c1-18-30(33(37)35-22-7-9-23(38-2)10-8-22)31(20-6-12-27-29(16-20)42-17-41-27)32-24(34-18)13-21(14-25(32)36)19-5-11-26(39-3)28(15-19)40-4/h5-12,15-16,21,31,34H,13-14,17H2,1-4H3,(H,35,37)/t21-,31-/m0/s1. The molecule has 0 saturated carbocycles. The van der Waals surface area contributed by atoms with Crippen LogP contribution < -0.4 is 34.3 Å². The van der Waals surface area contributed by atoms with Gasteiger partial charge in [0.15, 0.2) is 28.8 Å². The molecule has 0 aromatic heterocycles. The Morgan fingerprint density at radius 1 is 0.857 bits per heavy atom. The van der Waals surface area contributed by atoms with E-state index in [1.807, 2.05) is 43.3 Å². The highest BCUT2D eigenvalue weighted by molar-refractivity contribution is 6.10. The predicted molar refractivity (Wildman–Crippen MR) is 156 cm³/mol. The predicted octanol–water partition coefficient (Wildman–Crippen LogP) is 5.44. The molecule has 3 aromatic rings. The van der Waals surface area contributed by atoms with Crippen LogP contribution >= 0.6 is 0 Å². The van der Waals surface area contributed by atoms with Crippen LogP contribution in [0.4, 0.5) is 5.69 Å². The maximum atomic E-state index is 14.0. The van der Waals surface area contributed by atoms with E-state index in [9.17, 15) is 9.59 Å². The third kappa shape index (κ3) is 4.91. The highest BCUT2D eigenvalue weighted by atomic mass is 16.7. The Labute approximate surface area is 244 Å². The summed E-state index contributed by atoms with van der Waals surface area (Å²) in [5.74, 6) is 2.19. The second-order valence-corrected chi connectivity index (χ2v) is 10.4. The van der Waals surface area contributed by atoms with Gasteiger partial charge in [0.05, 0.1) is 21.3 Å². The minimum absolute atomic E-state index is 0.0200. The smallest absolute Gasteiger partial charge is 0.254 e. The fourth-order valence-electron chi connectivity index (χ4n) is 5.98. The van der Waals surface area contributed by atoms with Gasteiger partial charge in [-0.3, -0.25) is 9.59 Å². The molecule has 2 N–H and O–H groups in total. The Morgan fingerprint density at radius 3 is 2.33 bits per heavy atom. The summed E-state index contributed by atoms with van der Waals surface area (Å²) in [5.41, 5.74) is 4.95. The zero-order valence-corrected chi connectivity index (χ0v) is 23.9. The number of allylic oxidation sites excluding steroid dienone is 3. The van der Waals surface area contributed by atoms with Gasteiger partial charge in [0.2, 0.25) is 6.79 Å². The van der Waals surface area contributed by atoms with Crippen LogP contribution in [0.15, 0.2) is 83.2 Å². The quantitative estimate of drug-likeness (QED) is 0.388. The third-order valence-electron chi connectivity index (χ3n) is 8.03. The second-order valence-electron chi connectivity index (χ2n) is 10.4. The Kier molecular flexibility index (Phi) is 7.24. The van der Waals surface area contributed by atoms with Crippen molar-refractivity contribution in [2.24, 2.45) is 0 Å². The molecule has 0 spiro atoms. The number of carbonyl (C=O) groups is 2. The van der Waals surface area contributed by atoms with Crippen molar-refractivity contribution in [1.82, 2.24) is 5.32 Å². The molecule has 3 aliphatic rings. The van der Waals surface area contributed by atoms with Gasteiger partial charge < -0.3 is 34.3 Å². The summed E-state index contributed by atoms with van der Waals surface area (Å²) in [6.07, 6.45) is 0.895. The summed E-state index contributed by atoms with van der Waals surface area (Å²) in [5, 5.41) is 6.44. The van der Waals surface area contributed by atoms with Crippen molar-refractivity contribution in [3.63, 3.8) is 0 Å². The summed E-state index contributed by atoms with van der Waals surface area (Å²) < 4.78 is 27.3. The van der Waals surface area contributed by atoms with Crippen molar-refractivity contribution in [3.05, 3.63) is 94.3 Å². The van der Waals surface area contributed by atoms with E-state index >= 15 is 0 Å². The second kappa shape index (κ2) is 11.2. The lowest BCUT2D eigenvalue weighted by atomic mass is 9.71. The molecule has 2 heterocycles. The van der Waals surface area contributed by atoms with Gasteiger partial charge >= 0.3 is 0 Å². The van der Waals surface area contributed by atoms with Crippen LogP contribution in [0, 0.1) is 0 Å². The van der Waals surface area contributed by atoms with Crippen molar-refractivity contribution in [2.75, 3.05) is 33.4 Å². The minimum atomic E-state index is -0.590. The van der Waals surface area contributed by atoms with Crippen LogP contribution in [0.1, 0.15) is 42.7 Å². The number of nitrogens with one attached hydrogen (secondary N) is 2. The van der Waals surface area contributed by atoms with Crippen molar-refractivity contribution in [1.29, 1.82) is 0 Å². The van der Waals surface area contributed by atoms with Gasteiger partial charge in [0, 0.05) is 40.6 Å². The summed E-state index contributed by atoms with van der Waals surface area (Å²) in [6, 6.07) is 18.5. The summed E-state index contributed by atoms with van der Waals surface area (Å²) in [7, 11) is 4.78. The van der Waals surface area contributed by atoms with E-state index in [0.717, 1.165) is 16.8 Å². The van der Waals surface area contributed by atoms with Crippen LogP contribution in [-0.2, 0) is 9.59 Å². The van der Waals surface area contributed by atoms with Crippen LogP contribution in [0.3, 0.4) is 0 Å². The van der Waals surface area contributed by atoms with E-state index in [1.165, 1.54) is 0 Å². The first-order chi connectivity index (χ1) is 20.4. The van der Waals surface area contributed by atoms with Gasteiger partial charge in [-0.15, -0.1) is 0 Å². The van der Waals surface area contributed by atoms with Crippen molar-refractivity contribution in [3.8, 4) is 28.7 Å². The molecule has 2 atom stereocenters. The van der Waals surface area contributed by atoms with Crippen LogP contribution in [0.2, 0.25) is 0 Å². The van der Waals surface area contributed by atoms with Gasteiger partial charge in [0.1, 0.15) is 5.75 Å². The maximum absolute atomic E-state index is 14.0. The summed E-state index contributed by atoms with van der Waals surface area (Å²) in [6.45, 7) is 2.00. The number of hydrogen-bond acceptors (Lipinski definition) is 8. The van der Waals surface area contributed by atoms with Crippen LogP contribution in [-0.4, -0.2) is 39.8 Å². The molecular formula is C33H32N2O7. The highest BCUT2D eigenvalue weighted by Crippen LogP contribution is 2.48. The number of dihydropyridines is 1. The number of anilines is 1. The van der Waals surface area contributed by atoms with E-state index in [0.29, 0.717) is 64.1 Å². The average molecular weight is 569 g/mol. The first-order valence-corrected chi connectivity index (χ1v) is 13.7. The number of ether oxygens (including phenoxy) is 5. The Bertz CT molecular complexity index is 1620. The number of hydrogen-bond donors (Lipinski definition) is 2. The normalized spacial score (nSPS) is 19.2. The van der Waals surface area contributed by atoms with Crippen molar-refractivity contribution >= 4 is 17.4 Å². The Balaban J connectivity index is 1.39. The van der Waals surface area contributed by atoms with Crippen LogP contribution in [0.25, 0.3) is 0 Å². The van der Waals surface area contributed by atoms with E-state index in [4.69, 9.17) is 23.7 Å². The number of ketones is 1. The van der Waals surface area contributed by atoms with E-state index in [2.05, 4.69) is 10.6 Å². The topological polar surface area (TPSA) is 104 Å². The Morgan fingerprint density at radius 2 is 1.60 bits per heavy atom. The van der Waals surface area contributed by atoms with Gasteiger partial charge in [-0.25, -0.2) is 0 Å². The first-order valence-electron chi connectivity index (χ1n) is 13.7. The zero-order valence-electron chi connectivity index (χ0n) is 23.9. The van der Waals surface area contributed by atoms with E-state index in [1.54, 1.807) is 45.6 Å². The molecule has 1 amide bonds. The molecule has 9 heteroatoms. The fraction of sp³-hybridized carbons (Fsp3) is 0.273. The third-order valence-corrected chi connectivity index (χ3v) is 8.03. The molecule has 9 nitrogen and oxygen atoms in total. The van der Waals surface area contributed by atoms with E-state index < -0.39 is 5.92 Å². The van der Waals surface area contributed by atoms with Crippen molar-refractivity contribution < 1.29 is 33.3 Å². The molecular weight excluding hydrogens is 536 g/mol. The highest BCUT2D eigenvalue weighted by Gasteiger charge is 2.41. The molecule has 0 bridgehead atoms. The molecule has 1 aliphatic carbocycles. The monoisotopic (exact) mass is 568 g/mol. The number of fused-ring (bicyclic) bond motifs is 1. The number of methoxy groups -OCH3 is 3. The number of rotatable bonds is 7.